The molecule has 0 unspecified atom stereocenters. The van der Waals surface area contributed by atoms with Crippen LogP contribution >= 0.6 is 11.8 Å². The monoisotopic (exact) mass is 434 g/mol. The lowest BCUT2D eigenvalue weighted by atomic mass is 10.0. The molecule has 2 rings (SSSR count). The molecule has 0 radical (unpaired) electrons. The van der Waals surface area contributed by atoms with Crippen LogP contribution in [0.25, 0.3) is 0 Å². The Balaban J connectivity index is 1.84. The number of nitrogens with zero attached hydrogens (tertiary/aromatic N) is 1. The minimum atomic E-state index is -3.55. The predicted molar refractivity (Wildman–Crippen MR) is 123 cm³/mol. The molecule has 0 spiro atoms. The molecule has 158 valence electrons. The van der Waals surface area contributed by atoms with E-state index in [4.69, 9.17) is 0 Å². The van der Waals surface area contributed by atoms with Crippen molar-refractivity contribution in [3.63, 3.8) is 0 Å². The third-order valence-electron chi connectivity index (χ3n) is 4.49. The van der Waals surface area contributed by atoms with E-state index in [9.17, 15) is 13.2 Å². The average molecular weight is 435 g/mol. The van der Waals surface area contributed by atoms with Gasteiger partial charge < -0.3 is 5.32 Å². The molecule has 0 heterocycles. The predicted octanol–water partition coefficient (Wildman–Crippen LogP) is 3.93. The fourth-order valence-corrected chi connectivity index (χ4v) is 4.42. The molecule has 5 nitrogen and oxygen atoms in total. The van der Waals surface area contributed by atoms with E-state index in [1.807, 2.05) is 12.1 Å². The second-order valence-electron chi connectivity index (χ2n) is 7.40. The molecule has 0 saturated heterocycles. The highest BCUT2D eigenvalue weighted by Crippen LogP contribution is 2.21. The quantitative estimate of drug-likeness (QED) is 0.575. The largest absolute Gasteiger partial charge is 0.354 e. The van der Waals surface area contributed by atoms with Gasteiger partial charge in [0.15, 0.2) is 0 Å². The van der Waals surface area contributed by atoms with Crippen molar-refractivity contribution in [3.8, 4) is 0 Å². The molecule has 2 aromatic rings. The summed E-state index contributed by atoms with van der Waals surface area (Å²) in [5.74, 6) is 1.70. The molecule has 0 bridgehead atoms. The van der Waals surface area contributed by atoms with Gasteiger partial charge in [-0.3, -0.25) is 9.10 Å². The van der Waals surface area contributed by atoms with Crippen molar-refractivity contribution in [1.82, 2.24) is 5.32 Å². The highest BCUT2D eigenvalue weighted by atomic mass is 32.2. The van der Waals surface area contributed by atoms with E-state index in [-0.39, 0.29) is 12.5 Å². The summed E-state index contributed by atoms with van der Waals surface area (Å²) in [6, 6.07) is 15.7. The van der Waals surface area contributed by atoms with Crippen molar-refractivity contribution in [2.45, 2.75) is 32.4 Å². The summed E-state index contributed by atoms with van der Waals surface area (Å²) in [6.07, 6.45) is 1.12. The van der Waals surface area contributed by atoms with Gasteiger partial charge in [0, 0.05) is 18.1 Å². The molecule has 1 N–H and O–H groups in total. The van der Waals surface area contributed by atoms with Gasteiger partial charge in [-0.15, -0.1) is 0 Å². The van der Waals surface area contributed by atoms with E-state index < -0.39 is 10.0 Å². The molecule has 0 aliphatic carbocycles. The van der Waals surface area contributed by atoms with Gasteiger partial charge in [-0.2, -0.15) is 11.8 Å². The lowest BCUT2D eigenvalue weighted by Gasteiger charge is -2.22. The van der Waals surface area contributed by atoms with Gasteiger partial charge in [-0.1, -0.05) is 55.8 Å². The number of hydrogen-bond donors (Lipinski definition) is 1. The molecule has 2 aromatic carbocycles. The molecular weight excluding hydrogens is 404 g/mol. The van der Waals surface area contributed by atoms with Crippen molar-refractivity contribution in [3.05, 3.63) is 65.2 Å². The second-order valence-corrected chi connectivity index (χ2v) is 10.4. The minimum Gasteiger partial charge on any atom is -0.354 e. The number of anilines is 1. The number of hydrogen-bond acceptors (Lipinski definition) is 4. The Morgan fingerprint density at radius 1 is 1.07 bits per heavy atom. The highest BCUT2D eigenvalue weighted by molar-refractivity contribution is 7.98. The van der Waals surface area contributed by atoms with Gasteiger partial charge in [-0.25, -0.2) is 8.42 Å². The van der Waals surface area contributed by atoms with Crippen LogP contribution in [0.4, 0.5) is 5.69 Å². The lowest BCUT2D eigenvalue weighted by molar-refractivity contribution is -0.119. The van der Waals surface area contributed by atoms with Crippen molar-refractivity contribution in [1.29, 1.82) is 0 Å². The Labute approximate surface area is 178 Å². The standard InChI is InChI=1S/C22H30N2O3S2/c1-17(2)20-9-11-21(12-10-20)24(29(4,26)27)15-22(25)23-13-14-28-16-19-7-5-18(3)6-8-19/h5-12,17H,13-16H2,1-4H3,(H,23,25). The Morgan fingerprint density at radius 3 is 2.24 bits per heavy atom. The summed E-state index contributed by atoms with van der Waals surface area (Å²) in [6.45, 7) is 6.49. The number of aryl methyl sites for hydroxylation is 1. The van der Waals surface area contributed by atoms with Crippen molar-refractivity contribution in [2.24, 2.45) is 0 Å². The van der Waals surface area contributed by atoms with Gasteiger partial charge in [0.05, 0.1) is 11.9 Å². The molecule has 1 amide bonds. The van der Waals surface area contributed by atoms with Crippen LogP contribution in [0.1, 0.15) is 36.5 Å². The van der Waals surface area contributed by atoms with Gasteiger partial charge in [0.25, 0.3) is 0 Å². The molecule has 0 aromatic heterocycles. The molecule has 29 heavy (non-hydrogen) atoms. The summed E-state index contributed by atoms with van der Waals surface area (Å²) in [7, 11) is -3.55. The zero-order valence-corrected chi connectivity index (χ0v) is 19.1. The Bertz CT molecular complexity index is 893. The number of amides is 1. The molecule has 0 aliphatic rings. The number of rotatable bonds is 10. The van der Waals surface area contributed by atoms with Crippen LogP contribution in [0, 0.1) is 6.92 Å². The number of carbonyl (C=O) groups excluding carboxylic acids is 1. The molecule has 0 atom stereocenters. The van der Waals surface area contributed by atoms with Gasteiger partial charge >= 0.3 is 0 Å². The lowest BCUT2D eigenvalue weighted by Crippen LogP contribution is -2.41. The molecule has 0 saturated carbocycles. The van der Waals surface area contributed by atoms with Crippen LogP contribution < -0.4 is 9.62 Å². The van der Waals surface area contributed by atoms with E-state index in [2.05, 4.69) is 50.4 Å². The van der Waals surface area contributed by atoms with Crippen molar-refractivity contribution >= 4 is 33.4 Å². The third-order valence-corrected chi connectivity index (χ3v) is 6.66. The van der Waals surface area contributed by atoms with Crippen LogP contribution in [0.2, 0.25) is 0 Å². The van der Waals surface area contributed by atoms with E-state index in [1.165, 1.54) is 11.1 Å². The van der Waals surface area contributed by atoms with Crippen molar-refractivity contribution < 1.29 is 13.2 Å². The zero-order valence-electron chi connectivity index (χ0n) is 17.5. The highest BCUT2D eigenvalue weighted by Gasteiger charge is 2.20. The molecule has 0 aliphatic heterocycles. The summed E-state index contributed by atoms with van der Waals surface area (Å²) < 4.78 is 25.5. The van der Waals surface area contributed by atoms with E-state index in [0.29, 0.717) is 18.2 Å². The Hall–Kier alpha value is -1.99. The Kier molecular flexibility index (Phi) is 8.59. The topological polar surface area (TPSA) is 66.5 Å². The second kappa shape index (κ2) is 10.7. The fraction of sp³-hybridized carbons (Fsp3) is 0.409. The smallest absolute Gasteiger partial charge is 0.240 e. The first-order valence-electron chi connectivity index (χ1n) is 9.64. The first-order valence-corrected chi connectivity index (χ1v) is 12.6. The van der Waals surface area contributed by atoms with Crippen LogP contribution in [-0.4, -0.2) is 39.4 Å². The first kappa shape index (κ1) is 23.3. The van der Waals surface area contributed by atoms with E-state index >= 15 is 0 Å². The first-order chi connectivity index (χ1) is 13.7. The average Bonchev–Trinajstić information content (AvgIpc) is 2.66. The third kappa shape index (κ3) is 7.74. The van der Waals surface area contributed by atoms with Crippen molar-refractivity contribution in [2.75, 3.05) is 29.4 Å². The maximum atomic E-state index is 12.3. The minimum absolute atomic E-state index is 0.220. The van der Waals surface area contributed by atoms with E-state index in [1.54, 1.807) is 23.9 Å². The zero-order chi connectivity index (χ0) is 21.4. The number of nitrogens with one attached hydrogen (secondary N) is 1. The normalized spacial score (nSPS) is 11.5. The van der Waals surface area contributed by atoms with Crippen LogP contribution in [-0.2, 0) is 20.6 Å². The summed E-state index contributed by atoms with van der Waals surface area (Å²) in [4.78, 5) is 12.3. The summed E-state index contributed by atoms with van der Waals surface area (Å²) in [5, 5.41) is 2.81. The van der Waals surface area contributed by atoms with E-state index in [0.717, 1.165) is 27.6 Å². The maximum Gasteiger partial charge on any atom is 0.240 e. The maximum absolute atomic E-state index is 12.3. The number of thioether (sulfide) groups is 1. The van der Waals surface area contributed by atoms with Gasteiger partial charge in [0.2, 0.25) is 15.9 Å². The number of carbonyl (C=O) groups is 1. The molecular formula is C22H30N2O3S2. The number of sulfonamides is 1. The summed E-state index contributed by atoms with van der Waals surface area (Å²) >= 11 is 1.73. The summed E-state index contributed by atoms with van der Waals surface area (Å²) in [5.41, 5.74) is 4.11. The molecule has 7 heteroatoms. The van der Waals surface area contributed by atoms with Gasteiger partial charge in [0.1, 0.15) is 6.54 Å². The fourth-order valence-electron chi connectivity index (χ4n) is 2.75. The molecule has 0 fully saturated rings. The Morgan fingerprint density at radius 2 is 1.69 bits per heavy atom. The van der Waals surface area contributed by atoms with Crippen LogP contribution in [0.5, 0.6) is 0 Å². The van der Waals surface area contributed by atoms with Crippen LogP contribution in [0.3, 0.4) is 0 Å². The SMILES string of the molecule is Cc1ccc(CSCCNC(=O)CN(c2ccc(C(C)C)cc2)S(C)(=O)=O)cc1. The number of benzene rings is 2. The van der Waals surface area contributed by atoms with Crippen LogP contribution in [0.15, 0.2) is 48.5 Å². The van der Waals surface area contributed by atoms with Gasteiger partial charge in [-0.05, 0) is 36.1 Å².